The van der Waals surface area contributed by atoms with Crippen molar-refractivity contribution >= 4 is 29.5 Å². The molecular formula is C11H17N5S2. The van der Waals surface area contributed by atoms with Gasteiger partial charge in [0.2, 0.25) is 5.95 Å². The second kappa shape index (κ2) is 5.62. The summed E-state index contributed by atoms with van der Waals surface area (Å²) in [6.45, 7) is 5.85. The first kappa shape index (κ1) is 13.2. The second-order valence-electron chi connectivity index (χ2n) is 4.20. The first-order valence-corrected chi connectivity index (χ1v) is 7.17. The summed E-state index contributed by atoms with van der Waals surface area (Å²) in [5, 5.41) is 7.16. The van der Waals surface area contributed by atoms with E-state index in [1.807, 2.05) is 24.0 Å². The number of hydrogen-bond donors (Lipinski definition) is 1. The molecule has 0 fully saturated rings. The molecule has 2 aromatic rings. The Kier molecular flexibility index (Phi) is 4.13. The monoisotopic (exact) mass is 283 g/mol. The van der Waals surface area contributed by atoms with E-state index < -0.39 is 0 Å². The highest BCUT2D eigenvalue weighted by molar-refractivity contribution is 7.71. The van der Waals surface area contributed by atoms with Gasteiger partial charge in [0.05, 0.1) is 17.7 Å². The van der Waals surface area contributed by atoms with Crippen molar-refractivity contribution in [3.8, 4) is 0 Å². The highest BCUT2D eigenvalue weighted by Crippen LogP contribution is 2.18. The Labute approximate surface area is 115 Å². The zero-order valence-electron chi connectivity index (χ0n) is 10.8. The SMILES string of the molecule is CCCn1c(N(C)Cc2scnc2C)n[nH]c1=S. The molecule has 1 N–H and O–H groups in total. The molecule has 0 spiro atoms. The lowest BCUT2D eigenvalue weighted by atomic mass is 10.4. The summed E-state index contributed by atoms with van der Waals surface area (Å²) in [7, 11) is 2.02. The third-order valence-corrected chi connectivity index (χ3v) is 3.98. The summed E-state index contributed by atoms with van der Waals surface area (Å²) in [5.74, 6) is 0.884. The molecular weight excluding hydrogens is 266 g/mol. The Morgan fingerprint density at radius 2 is 2.33 bits per heavy atom. The lowest BCUT2D eigenvalue weighted by Gasteiger charge is -2.18. The fourth-order valence-electron chi connectivity index (χ4n) is 1.79. The van der Waals surface area contributed by atoms with E-state index in [1.54, 1.807) is 11.3 Å². The van der Waals surface area contributed by atoms with Crippen molar-refractivity contribution in [2.24, 2.45) is 0 Å². The molecule has 0 aliphatic rings. The van der Waals surface area contributed by atoms with E-state index in [0.717, 1.165) is 31.2 Å². The van der Waals surface area contributed by atoms with Crippen molar-refractivity contribution in [3.63, 3.8) is 0 Å². The van der Waals surface area contributed by atoms with Crippen molar-refractivity contribution in [2.45, 2.75) is 33.4 Å². The van der Waals surface area contributed by atoms with Gasteiger partial charge in [0.25, 0.3) is 0 Å². The lowest BCUT2D eigenvalue weighted by molar-refractivity contribution is 0.655. The predicted octanol–water partition coefficient (Wildman–Crippen LogP) is 2.75. The number of aryl methyl sites for hydroxylation is 1. The Bertz CT molecular complexity index is 568. The predicted molar refractivity (Wildman–Crippen MR) is 76.7 cm³/mol. The van der Waals surface area contributed by atoms with Crippen molar-refractivity contribution < 1.29 is 0 Å². The molecule has 0 atom stereocenters. The number of aromatic nitrogens is 4. The molecule has 0 unspecified atom stereocenters. The molecule has 0 aromatic carbocycles. The van der Waals surface area contributed by atoms with Crippen molar-refractivity contribution in [2.75, 3.05) is 11.9 Å². The molecule has 0 radical (unpaired) electrons. The minimum Gasteiger partial charge on any atom is -0.339 e. The first-order valence-electron chi connectivity index (χ1n) is 5.88. The number of aromatic amines is 1. The number of nitrogens with one attached hydrogen (secondary N) is 1. The van der Waals surface area contributed by atoms with Gasteiger partial charge in [0.1, 0.15) is 0 Å². The maximum Gasteiger partial charge on any atom is 0.225 e. The minimum absolute atomic E-state index is 0.680. The molecule has 2 rings (SSSR count). The van der Waals surface area contributed by atoms with E-state index in [0.29, 0.717) is 4.77 Å². The number of nitrogens with zero attached hydrogens (tertiary/aromatic N) is 4. The molecule has 2 heterocycles. The maximum absolute atomic E-state index is 5.24. The summed E-state index contributed by atoms with van der Waals surface area (Å²) >= 11 is 6.91. The molecule has 7 heteroatoms. The molecule has 0 amide bonds. The molecule has 0 bridgehead atoms. The molecule has 18 heavy (non-hydrogen) atoms. The van der Waals surface area contributed by atoms with Gasteiger partial charge in [-0.15, -0.1) is 16.4 Å². The Morgan fingerprint density at radius 3 is 2.94 bits per heavy atom. The Hall–Kier alpha value is -1.21. The number of anilines is 1. The number of thiazole rings is 1. The summed E-state index contributed by atoms with van der Waals surface area (Å²) in [6, 6.07) is 0. The van der Waals surface area contributed by atoms with Gasteiger partial charge in [-0.05, 0) is 25.6 Å². The standard InChI is InChI=1S/C11H17N5S2/c1-4-5-16-10(13-14-11(16)17)15(3)6-9-8(2)12-7-18-9/h7H,4-6H2,1-3H3,(H,14,17). The first-order chi connectivity index (χ1) is 8.63. The highest BCUT2D eigenvalue weighted by Gasteiger charge is 2.12. The number of hydrogen-bond acceptors (Lipinski definition) is 5. The van der Waals surface area contributed by atoms with Crippen molar-refractivity contribution in [3.05, 3.63) is 20.9 Å². The van der Waals surface area contributed by atoms with Gasteiger partial charge in [-0.3, -0.25) is 4.57 Å². The van der Waals surface area contributed by atoms with Gasteiger partial charge in [0.15, 0.2) is 4.77 Å². The average molecular weight is 283 g/mol. The normalized spacial score (nSPS) is 10.8. The summed E-state index contributed by atoms with van der Waals surface area (Å²) < 4.78 is 2.71. The fraction of sp³-hybridized carbons (Fsp3) is 0.545. The van der Waals surface area contributed by atoms with Crippen LogP contribution in [-0.2, 0) is 13.1 Å². The van der Waals surface area contributed by atoms with E-state index in [4.69, 9.17) is 12.2 Å². The zero-order valence-corrected chi connectivity index (χ0v) is 12.4. The molecule has 0 aliphatic heterocycles. The van der Waals surface area contributed by atoms with Gasteiger partial charge in [-0.2, -0.15) is 0 Å². The average Bonchev–Trinajstić information content (AvgIpc) is 2.88. The van der Waals surface area contributed by atoms with Crippen LogP contribution in [-0.4, -0.2) is 26.8 Å². The van der Waals surface area contributed by atoms with E-state index in [2.05, 4.69) is 27.0 Å². The summed E-state index contributed by atoms with van der Waals surface area (Å²) in [4.78, 5) is 7.62. The lowest BCUT2D eigenvalue weighted by Crippen LogP contribution is -2.21. The zero-order chi connectivity index (χ0) is 13.1. The number of H-pyrrole nitrogens is 1. The second-order valence-corrected chi connectivity index (χ2v) is 5.52. The Balaban J connectivity index is 2.21. The molecule has 0 saturated heterocycles. The van der Waals surface area contributed by atoms with Crippen LogP contribution in [0.5, 0.6) is 0 Å². The maximum atomic E-state index is 5.24. The third-order valence-electron chi connectivity index (χ3n) is 2.75. The highest BCUT2D eigenvalue weighted by atomic mass is 32.1. The van der Waals surface area contributed by atoms with Crippen LogP contribution in [0.1, 0.15) is 23.9 Å². The van der Waals surface area contributed by atoms with Crippen LogP contribution in [0.3, 0.4) is 0 Å². The van der Waals surface area contributed by atoms with E-state index >= 15 is 0 Å². The largest absolute Gasteiger partial charge is 0.339 e. The quantitative estimate of drug-likeness (QED) is 0.857. The molecule has 0 aliphatic carbocycles. The third kappa shape index (κ3) is 2.62. The van der Waals surface area contributed by atoms with Gasteiger partial charge >= 0.3 is 0 Å². The van der Waals surface area contributed by atoms with Gasteiger partial charge in [-0.25, -0.2) is 10.1 Å². The number of rotatable bonds is 5. The molecule has 98 valence electrons. The van der Waals surface area contributed by atoms with Crippen LogP contribution >= 0.6 is 23.6 Å². The van der Waals surface area contributed by atoms with Gasteiger partial charge in [0, 0.05) is 18.5 Å². The topological polar surface area (TPSA) is 49.7 Å². The fourth-order valence-corrected chi connectivity index (χ4v) is 2.84. The van der Waals surface area contributed by atoms with Crippen LogP contribution < -0.4 is 4.90 Å². The van der Waals surface area contributed by atoms with E-state index in [1.165, 1.54) is 4.88 Å². The van der Waals surface area contributed by atoms with Crippen molar-refractivity contribution in [1.29, 1.82) is 0 Å². The van der Waals surface area contributed by atoms with E-state index in [-0.39, 0.29) is 0 Å². The smallest absolute Gasteiger partial charge is 0.225 e. The van der Waals surface area contributed by atoms with Crippen molar-refractivity contribution in [1.82, 2.24) is 19.7 Å². The van der Waals surface area contributed by atoms with Crippen LogP contribution in [0.25, 0.3) is 0 Å². The van der Waals surface area contributed by atoms with E-state index in [9.17, 15) is 0 Å². The summed E-state index contributed by atoms with van der Waals surface area (Å²) in [5.41, 5.74) is 2.96. The van der Waals surface area contributed by atoms with Crippen LogP contribution in [0, 0.1) is 11.7 Å². The van der Waals surface area contributed by atoms with Gasteiger partial charge < -0.3 is 4.90 Å². The van der Waals surface area contributed by atoms with Crippen LogP contribution in [0.15, 0.2) is 5.51 Å². The summed E-state index contributed by atoms with van der Waals surface area (Å²) in [6.07, 6.45) is 1.04. The molecule has 5 nitrogen and oxygen atoms in total. The van der Waals surface area contributed by atoms with Gasteiger partial charge in [-0.1, -0.05) is 6.92 Å². The molecule has 0 saturated carbocycles. The van der Waals surface area contributed by atoms with Crippen LogP contribution in [0.4, 0.5) is 5.95 Å². The molecule has 2 aromatic heterocycles. The Morgan fingerprint density at radius 1 is 1.56 bits per heavy atom. The minimum atomic E-state index is 0.680. The van der Waals surface area contributed by atoms with Crippen LogP contribution in [0.2, 0.25) is 0 Å².